The zero-order valence-corrected chi connectivity index (χ0v) is 18.0. The van der Waals surface area contributed by atoms with Gasteiger partial charge in [-0.2, -0.15) is 4.31 Å². The highest BCUT2D eigenvalue weighted by Gasteiger charge is 2.28. The minimum atomic E-state index is -3.86. The second kappa shape index (κ2) is 9.23. The Kier molecular flexibility index (Phi) is 6.42. The molecule has 1 fully saturated rings. The first-order valence-electron chi connectivity index (χ1n) is 9.50. The van der Waals surface area contributed by atoms with E-state index in [0.29, 0.717) is 4.88 Å². The van der Waals surface area contributed by atoms with E-state index in [4.69, 9.17) is 9.47 Å². The van der Waals surface area contributed by atoms with Gasteiger partial charge in [-0.1, -0.05) is 30.3 Å². The first-order valence-corrected chi connectivity index (χ1v) is 11.8. The molecule has 1 aliphatic heterocycles. The molecule has 3 aromatic rings. The van der Waals surface area contributed by atoms with Gasteiger partial charge in [-0.05, 0) is 18.2 Å². The van der Waals surface area contributed by atoms with Gasteiger partial charge < -0.3 is 9.47 Å². The van der Waals surface area contributed by atoms with Crippen molar-refractivity contribution in [3.05, 3.63) is 71.0 Å². The first kappa shape index (κ1) is 21.6. The molecule has 1 saturated heterocycles. The Bertz CT molecular complexity index is 1180. The molecule has 0 N–H and O–H groups in total. The van der Waals surface area contributed by atoms with Crippen molar-refractivity contribution in [3.63, 3.8) is 0 Å². The minimum Gasteiger partial charge on any atom is -0.456 e. The van der Waals surface area contributed by atoms with Crippen molar-refractivity contribution in [2.75, 3.05) is 26.3 Å². The van der Waals surface area contributed by atoms with Gasteiger partial charge in [-0.25, -0.2) is 22.6 Å². The number of morpholine rings is 1. The third-order valence-corrected chi connectivity index (χ3v) is 7.60. The first-order chi connectivity index (χ1) is 14.9. The fourth-order valence-electron chi connectivity index (χ4n) is 3.06. The second-order valence-corrected chi connectivity index (χ2v) is 9.79. The summed E-state index contributed by atoms with van der Waals surface area (Å²) in [4.78, 5) is 17.3. The maximum absolute atomic E-state index is 14.3. The van der Waals surface area contributed by atoms with Crippen LogP contribution in [0.1, 0.15) is 15.2 Å². The molecule has 0 bridgehead atoms. The van der Waals surface area contributed by atoms with Crippen molar-refractivity contribution >= 4 is 27.3 Å². The lowest BCUT2D eigenvalue weighted by Gasteiger charge is -2.26. The van der Waals surface area contributed by atoms with Crippen LogP contribution in [0.25, 0.3) is 10.6 Å². The average molecular weight is 463 g/mol. The summed E-state index contributed by atoms with van der Waals surface area (Å²) in [5.74, 6) is -1.79. The van der Waals surface area contributed by atoms with Gasteiger partial charge in [0.15, 0.2) is 0 Å². The number of esters is 1. The molecular weight excluding hydrogens is 443 g/mol. The van der Waals surface area contributed by atoms with E-state index in [1.807, 2.05) is 30.3 Å². The molecule has 4 rings (SSSR count). The smallest absolute Gasteiger partial charge is 0.341 e. The summed E-state index contributed by atoms with van der Waals surface area (Å²) in [6, 6.07) is 12.7. The molecule has 10 heteroatoms. The van der Waals surface area contributed by atoms with E-state index in [1.54, 1.807) is 6.20 Å². The van der Waals surface area contributed by atoms with E-state index in [1.165, 1.54) is 15.6 Å². The molecular formula is C21H19FN2O5S2. The fraction of sp³-hybridized carbons (Fsp3) is 0.238. The van der Waals surface area contributed by atoms with E-state index in [0.717, 1.165) is 28.8 Å². The van der Waals surface area contributed by atoms with Crippen LogP contribution in [0.3, 0.4) is 0 Å². The molecule has 0 saturated carbocycles. The lowest BCUT2D eigenvalue weighted by molar-refractivity contribution is 0.0471. The summed E-state index contributed by atoms with van der Waals surface area (Å²) in [7, 11) is -3.86. The quantitative estimate of drug-likeness (QED) is 0.523. The van der Waals surface area contributed by atoms with Gasteiger partial charge in [0, 0.05) is 24.8 Å². The zero-order valence-electron chi connectivity index (χ0n) is 16.4. The lowest BCUT2D eigenvalue weighted by atomic mass is 10.2. The van der Waals surface area contributed by atoms with Crippen LogP contribution < -0.4 is 0 Å². The van der Waals surface area contributed by atoms with Gasteiger partial charge in [-0.3, -0.25) is 0 Å². The van der Waals surface area contributed by atoms with E-state index in [9.17, 15) is 17.6 Å². The molecule has 1 aliphatic rings. The maximum Gasteiger partial charge on any atom is 0.341 e. The Hall–Kier alpha value is -2.66. The topological polar surface area (TPSA) is 85.8 Å². The predicted octanol–water partition coefficient (Wildman–Crippen LogP) is 3.33. The third kappa shape index (κ3) is 4.82. The SMILES string of the molecule is O=C(OCc1cnc(-c2ccccc2)s1)c1cc(S(=O)(=O)N2CCOCC2)ccc1F. The summed E-state index contributed by atoms with van der Waals surface area (Å²) in [5, 5.41) is 0.774. The molecule has 162 valence electrons. The second-order valence-electron chi connectivity index (χ2n) is 6.73. The van der Waals surface area contributed by atoms with Crippen LogP contribution in [0.5, 0.6) is 0 Å². The molecule has 31 heavy (non-hydrogen) atoms. The number of ether oxygens (including phenoxy) is 2. The van der Waals surface area contributed by atoms with Crippen molar-refractivity contribution in [2.24, 2.45) is 0 Å². The van der Waals surface area contributed by atoms with Gasteiger partial charge in [0.05, 0.1) is 28.5 Å². The molecule has 0 atom stereocenters. The molecule has 0 unspecified atom stereocenters. The van der Waals surface area contributed by atoms with Crippen LogP contribution in [-0.2, 0) is 26.1 Å². The van der Waals surface area contributed by atoms with E-state index in [-0.39, 0.29) is 37.8 Å². The highest BCUT2D eigenvalue weighted by Crippen LogP contribution is 2.26. The monoisotopic (exact) mass is 462 g/mol. The zero-order chi connectivity index (χ0) is 21.8. The predicted molar refractivity (Wildman–Crippen MR) is 113 cm³/mol. The number of sulfonamides is 1. The van der Waals surface area contributed by atoms with Crippen molar-refractivity contribution in [1.82, 2.24) is 9.29 Å². The molecule has 2 heterocycles. The largest absolute Gasteiger partial charge is 0.456 e. The van der Waals surface area contributed by atoms with Crippen LogP contribution in [0.2, 0.25) is 0 Å². The molecule has 0 spiro atoms. The summed E-state index contributed by atoms with van der Waals surface area (Å²) in [6.07, 6.45) is 1.59. The average Bonchev–Trinajstić information content (AvgIpc) is 3.28. The Morgan fingerprint density at radius 2 is 1.90 bits per heavy atom. The molecule has 7 nitrogen and oxygen atoms in total. The summed E-state index contributed by atoms with van der Waals surface area (Å²) in [6.45, 7) is 0.886. The number of hydrogen-bond donors (Lipinski definition) is 0. The summed E-state index contributed by atoms with van der Waals surface area (Å²) >= 11 is 1.36. The Labute approximate surface area is 183 Å². The van der Waals surface area contributed by atoms with Crippen molar-refractivity contribution < 1.29 is 27.1 Å². The number of rotatable bonds is 6. The number of hydrogen-bond acceptors (Lipinski definition) is 7. The Balaban J connectivity index is 1.47. The summed E-state index contributed by atoms with van der Waals surface area (Å²) < 4.78 is 51.5. The van der Waals surface area contributed by atoms with Gasteiger partial charge in [0.1, 0.15) is 17.4 Å². The lowest BCUT2D eigenvalue weighted by Crippen LogP contribution is -2.40. The molecule has 1 aromatic heterocycles. The number of halogens is 1. The van der Waals surface area contributed by atoms with Crippen LogP contribution in [0.4, 0.5) is 4.39 Å². The maximum atomic E-state index is 14.3. The third-order valence-electron chi connectivity index (χ3n) is 4.69. The highest BCUT2D eigenvalue weighted by atomic mass is 32.2. The van der Waals surface area contributed by atoms with Crippen LogP contribution in [0.15, 0.2) is 59.6 Å². The standard InChI is InChI=1S/C21H19FN2O5S2/c22-19-7-6-17(31(26,27)24-8-10-28-11-9-24)12-18(19)21(25)29-14-16-13-23-20(30-16)15-4-2-1-3-5-15/h1-7,12-13H,8-11,14H2. The number of aromatic nitrogens is 1. The molecule has 2 aromatic carbocycles. The number of thiazole rings is 1. The highest BCUT2D eigenvalue weighted by molar-refractivity contribution is 7.89. The van der Waals surface area contributed by atoms with Crippen molar-refractivity contribution in [2.45, 2.75) is 11.5 Å². The Morgan fingerprint density at radius 1 is 1.16 bits per heavy atom. The van der Waals surface area contributed by atoms with E-state index in [2.05, 4.69) is 4.98 Å². The minimum absolute atomic E-state index is 0.0940. The molecule has 0 radical (unpaired) electrons. The van der Waals surface area contributed by atoms with Gasteiger partial charge in [-0.15, -0.1) is 11.3 Å². The summed E-state index contributed by atoms with van der Waals surface area (Å²) in [5.41, 5.74) is 0.513. The van der Waals surface area contributed by atoms with Crippen molar-refractivity contribution in [1.29, 1.82) is 0 Å². The van der Waals surface area contributed by atoms with Crippen LogP contribution in [0, 0.1) is 5.82 Å². The fourth-order valence-corrected chi connectivity index (χ4v) is 5.33. The van der Waals surface area contributed by atoms with Crippen LogP contribution in [-0.4, -0.2) is 50.0 Å². The molecule has 0 aliphatic carbocycles. The normalized spacial score (nSPS) is 15.0. The Morgan fingerprint density at radius 3 is 2.65 bits per heavy atom. The molecule has 0 amide bonds. The van der Waals surface area contributed by atoms with Crippen molar-refractivity contribution in [3.8, 4) is 10.6 Å². The number of carbonyl (C=O) groups excluding carboxylic acids is 1. The number of nitrogens with zero attached hydrogens (tertiary/aromatic N) is 2. The number of benzene rings is 2. The number of carbonyl (C=O) groups is 1. The van der Waals surface area contributed by atoms with Gasteiger partial charge in [0.25, 0.3) is 0 Å². The van der Waals surface area contributed by atoms with E-state index >= 15 is 0 Å². The van der Waals surface area contributed by atoms with Gasteiger partial charge in [0.2, 0.25) is 10.0 Å². The van der Waals surface area contributed by atoms with E-state index < -0.39 is 27.4 Å². The van der Waals surface area contributed by atoms with Crippen LogP contribution >= 0.6 is 11.3 Å². The van der Waals surface area contributed by atoms with Gasteiger partial charge >= 0.3 is 5.97 Å².